The summed E-state index contributed by atoms with van der Waals surface area (Å²) in [6.07, 6.45) is 3.04. The van der Waals surface area contributed by atoms with Crippen molar-refractivity contribution in [1.29, 1.82) is 0 Å². The molecule has 0 radical (unpaired) electrons. The summed E-state index contributed by atoms with van der Waals surface area (Å²) in [6, 6.07) is 4.69. The van der Waals surface area contributed by atoms with E-state index in [4.69, 9.17) is 10.2 Å². The van der Waals surface area contributed by atoms with Gasteiger partial charge in [0.05, 0.1) is 0 Å². The summed E-state index contributed by atoms with van der Waals surface area (Å²) in [5, 5.41) is 20.5. The lowest BCUT2D eigenvalue weighted by Gasteiger charge is -2.22. The molecule has 20 heavy (non-hydrogen) atoms. The Morgan fingerprint density at radius 1 is 1.30 bits per heavy atom. The molecule has 0 spiro atoms. The van der Waals surface area contributed by atoms with Gasteiger partial charge in [-0.1, -0.05) is 12.5 Å². The molecule has 1 aromatic rings. The van der Waals surface area contributed by atoms with Gasteiger partial charge in [-0.2, -0.15) is 0 Å². The smallest absolute Gasteiger partial charge is 0.328 e. The Morgan fingerprint density at radius 3 is 2.55 bits per heavy atom. The highest BCUT2D eigenvalue weighted by molar-refractivity contribution is 5.81. The maximum Gasteiger partial charge on any atom is 0.328 e. The maximum atomic E-state index is 13.9. The third-order valence-corrected chi connectivity index (χ3v) is 3.15. The number of hydrogen-bond acceptors (Lipinski definition) is 3. The van der Waals surface area contributed by atoms with Crippen LogP contribution in [0.15, 0.2) is 18.2 Å². The minimum atomic E-state index is -1.14. The van der Waals surface area contributed by atoms with Crippen molar-refractivity contribution in [3.63, 3.8) is 0 Å². The molecule has 1 rings (SSSR count). The third-order valence-electron chi connectivity index (χ3n) is 3.15. The molecule has 0 heterocycles. The van der Waals surface area contributed by atoms with Gasteiger partial charge in [-0.3, -0.25) is 0 Å². The van der Waals surface area contributed by atoms with E-state index < -0.39 is 11.5 Å². The lowest BCUT2D eigenvalue weighted by molar-refractivity contribution is -0.141. The van der Waals surface area contributed by atoms with Crippen LogP contribution in [0.2, 0.25) is 0 Å². The van der Waals surface area contributed by atoms with Gasteiger partial charge in [0.1, 0.15) is 11.4 Å². The van der Waals surface area contributed by atoms with E-state index in [-0.39, 0.29) is 12.4 Å². The zero-order valence-corrected chi connectivity index (χ0v) is 11.9. The Hall–Kier alpha value is -1.62. The summed E-state index contributed by atoms with van der Waals surface area (Å²) in [5.41, 5.74) is -0.0784. The SMILES string of the molecule is CC(C)(Nc1ccc(CCCCCO)c(F)c1)C(=O)O. The average molecular weight is 283 g/mol. The van der Waals surface area contributed by atoms with Gasteiger partial charge >= 0.3 is 5.97 Å². The number of benzene rings is 1. The predicted molar refractivity (Wildman–Crippen MR) is 76.4 cm³/mol. The molecule has 0 saturated carbocycles. The highest BCUT2D eigenvalue weighted by Crippen LogP contribution is 2.20. The maximum absolute atomic E-state index is 13.9. The van der Waals surface area contributed by atoms with Crippen LogP contribution in [0.5, 0.6) is 0 Å². The van der Waals surface area contributed by atoms with Crippen molar-refractivity contribution in [2.45, 2.75) is 45.1 Å². The van der Waals surface area contributed by atoms with Crippen molar-refractivity contribution in [1.82, 2.24) is 0 Å². The summed E-state index contributed by atoms with van der Waals surface area (Å²) in [7, 11) is 0. The number of carboxylic acids is 1. The van der Waals surface area contributed by atoms with Gasteiger partial charge in [0.2, 0.25) is 0 Å². The normalized spacial score (nSPS) is 11.4. The summed E-state index contributed by atoms with van der Waals surface area (Å²) in [4.78, 5) is 11.0. The molecule has 112 valence electrons. The second-order valence-electron chi connectivity index (χ2n) is 5.40. The number of hydrogen-bond donors (Lipinski definition) is 3. The molecule has 0 aliphatic carbocycles. The molecule has 0 unspecified atom stereocenters. The number of aliphatic carboxylic acids is 1. The summed E-state index contributed by atoms with van der Waals surface area (Å²) < 4.78 is 13.9. The third kappa shape index (κ3) is 4.81. The van der Waals surface area contributed by atoms with Crippen LogP contribution < -0.4 is 5.32 Å². The molecule has 4 nitrogen and oxygen atoms in total. The number of carbonyl (C=O) groups is 1. The van der Waals surface area contributed by atoms with Crippen molar-refractivity contribution < 1.29 is 19.4 Å². The minimum Gasteiger partial charge on any atom is -0.480 e. The quantitative estimate of drug-likeness (QED) is 0.642. The number of carboxylic acid groups (broad SMARTS) is 1. The van der Waals surface area contributed by atoms with Gasteiger partial charge in [-0.15, -0.1) is 0 Å². The highest BCUT2D eigenvalue weighted by atomic mass is 19.1. The lowest BCUT2D eigenvalue weighted by atomic mass is 10.0. The Bertz CT molecular complexity index is 460. The standard InChI is InChI=1S/C15H22FNO3/c1-15(2,14(19)20)17-12-8-7-11(13(16)10-12)6-4-3-5-9-18/h7-8,10,17-18H,3-6,9H2,1-2H3,(H,19,20). The monoisotopic (exact) mass is 283 g/mol. The molecule has 0 bridgehead atoms. The zero-order valence-electron chi connectivity index (χ0n) is 11.9. The van der Waals surface area contributed by atoms with Crippen LogP contribution in [0.25, 0.3) is 0 Å². The second kappa shape index (κ2) is 7.24. The van der Waals surface area contributed by atoms with Crippen molar-refractivity contribution >= 4 is 11.7 Å². The van der Waals surface area contributed by atoms with Gasteiger partial charge < -0.3 is 15.5 Å². The van der Waals surface area contributed by atoms with Crippen molar-refractivity contribution in [3.05, 3.63) is 29.6 Å². The van der Waals surface area contributed by atoms with Gasteiger partial charge in [-0.05, 0) is 50.8 Å². The second-order valence-corrected chi connectivity index (χ2v) is 5.40. The first kappa shape index (κ1) is 16.4. The molecule has 5 heteroatoms. The molecule has 0 aliphatic rings. The van der Waals surface area contributed by atoms with Crippen LogP contribution in [-0.2, 0) is 11.2 Å². The Morgan fingerprint density at radius 2 is 2.00 bits per heavy atom. The van der Waals surface area contributed by atoms with E-state index in [1.807, 2.05) is 0 Å². The zero-order chi connectivity index (χ0) is 15.2. The van der Waals surface area contributed by atoms with Crippen LogP contribution in [0, 0.1) is 5.82 Å². The number of halogens is 1. The fourth-order valence-electron chi connectivity index (χ4n) is 1.85. The first-order chi connectivity index (χ1) is 9.36. The molecule has 0 fully saturated rings. The van der Waals surface area contributed by atoms with E-state index in [9.17, 15) is 9.18 Å². The van der Waals surface area contributed by atoms with Gasteiger partial charge in [-0.25, -0.2) is 9.18 Å². The first-order valence-electron chi connectivity index (χ1n) is 6.77. The summed E-state index contributed by atoms with van der Waals surface area (Å²) in [6.45, 7) is 3.21. The summed E-state index contributed by atoms with van der Waals surface area (Å²) in [5.74, 6) is -1.33. The minimum absolute atomic E-state index is 0.162. The highest BCUT2D eigenvalue weighted by Gasteiger charge is 2.26. The number of rotatable bonds is 8. The van der Waals surface area contributed by atoms with Crippen molar-refractivity contribution in [2.24, 2.45) is 0 Å². The largest absolute Gasteiger partial charge is 0.480 e. The fourth-order valence-corrected chi connectivity index (χ4v) is 1.85. The summed E-state index contributed by atoms with van der Waals surface area (Å²) >= 11 is 0. The van der Waals surface area contributed by atoms with E-state index in [1.165, 1.54) is 19.9 Å². The molecule has 1 aromatic carbocycles. The van der Waals surface area contributed by atoms with E-state index in [0.717, 1.165) is 19.3 Å². The molecule has 0 amide bonds. The van der Waals surface area contributed by atoms with Crippen LogP contribution in [0.3, 0.4) is 0 Å². The molecular weight excluding hydrogens is 261 g/mol. The Kier molecular flexibility index (Phi) is 5.95. The van der Waals surface area contributed by atoms with Crippen LogP contribution in [-0.4, -0.2) is 28.3 Å². The van der Waals surface area contributed by atoms with E-state index >= 15 is 0 Å². The molecule has 0 saturated heterocycles. The average Bonchev–Trinajstić information content (AvgIpc) is 2.36. The number of nitrogens with one attached hydrogen (secondary N) is 1. The van der Waals surface area contributed by atoms with Gasteiger partial charge in [0.15, 0.2) is 0 Å². The van der Waals surface area contributed by atoms with Crippen LogP contribution >= 0.6 is 0 Å². The van der Waals surface area contributed by atoms with Crippen LogP contribution in [0.1, 0.15) is 38.7 Å². The van der Waals surface area contributed by atoms with Gasteiger partial charge in [0.25, 0.3) is 0 Å². The van der Waals surface area contributed by atoms with E-state index in [1.54, 1.807) is 12.1 Å². The van der Waals surface area contributed by atoms with Crippen molar-refractivity contribution in [3.8, 4) is 0 Å². The topological polar surface area (TPSA) is 69.6 Å². The fraction of sp³-hybridized carbons (Fsp3) is 0.533. The van der Waals surface area contributed by atoms with Crippen molar-refractivity contribution in [2.75, 3.05) is 11.9 Å². The van der Waals surface area contributed by atoms with E-state index in [2.05, 4.69) is 5.32 Å². The lowest BCUT2D eigenvalue weighted by Crippen LogP contribution is -2.39. The Labute approximate surface area is 118 Å². The Balaban J connectivity index is 2.66. The van der Waals surface area contributed by atoms with Crippen LogP contribution in [0.4, 0.5) is 10.1 Å². The number of aliphatic hydroxyl groups excluding tert-OH is 1. The van der Waals surface area contributed by atoms with E-state index in [0.29, 0.717) is 17.7 Å². The number of unbranched alkanes of at least 4 members (excludes halogenated alkanes) is 2. The number of aliphatic hydroxyl groups is 1. The molecule has 0 aliphatic heterocycles. The van der Waals surface area contributed by atoms with Gasteiger partial charge in [0, 0.05) is 12.3 Å². The number of anilines is 1. The molecule has 0 atom stereocenters. The predicted octanol–water partition coefficient (Wildman–Crippen LogP) is 2.81. The first-order valence-corrected chi connectivity index (χ1v) is 6.77. The number of aryl methyl sites for hydroxylation is 1. The molecular formula is C15H22FNO3. The molecule has 3 N–H and O–H groups in total. The molecule has 0 aromatic heterocycles.